The van der Waals surface area contributed by atoms with Crippen LogP contribution < -0.4 is 5.32 Å². The van der Waals surface area contributed by atoms with Gasteiger partial charge in [0.05, 0.1) is 12.1 Å². The third kappa shape index (κ3) is 2.27. The number of rotatable bonds is 2. The van der Waals surface area contributed by atoms with Gasteiger partial charge >= 0.3 is 0 Å². The van der Waals surface area contributed by atoms with Gasteiger partial charge in [0.1, 0.15) is 17.5 Å². The van der Waals surface area contributed by atoms with Crippen molar-refractivity contribution in [1.82, 2.24) is 19.9 Å². The number of hydrogen-bond donors (Lipinski definition) is 1. The Kier molecular flexibility index (Phi) is 3.11. The number of aliphatic imine (C=N–C) groups is 1. The molecule has 1 aliphatic heterocycles. The van der Waals surface area contributed by atoms with Gasteiger partial charge in [0, 0.05) is 12.2 Å². The first-order chi connectivity index (χ1) is 11.1. The number of pyridine rings is 1. The Morgan fingerprint density at radius 2 is 1.96 bits per heavy atom. The van der Waals surface area contributed by atoms with Crippen molar-refractivity contribution in [3.8, 4) is 11.1 Å². The van der Waals surface area contributed by atoms with E-state index in [4.69, 9.17) is 0 Å². The first-order valence-electron chi connectivity index (χ1n) is 7.55. The third-order valence-corrected chi connectivity index (χ3v) is 3.96. The van der Waals surface area contributed by atoms with E-state index in [2.05, 4.69) is 20.4 Å². The molecule has 0 radical (unpaired) electrons. The lowest BCUT2D eigenvalue weighted by Gasteiger charge is -2.13. The Hall–Kier alpha value is -2.76. The lowest BCUT2D eigenvalue weighted by atomic mass is 9.99. The second-order valence-corrected chi connectivity index (χ2v) is 5.63. The third-order valence-electron chi connectivity index (χ3n) is 3.96. The molecule has 23 heavy (non-hydrogen) atoms. The number of aromatic nitrogens is 3. The van der Waals surface area contributed by atoms with Gasteiger partial charge in [0.2, 0.25) is 0 Å². The molecular formula is C17H16FN5. The van der Waals surface area contributed by atoms with Crippen LogP contribution in [0.15, 0.2) is 35.3 Å². The molecule has 0 spiro atoms. The van der Waals surface area contributed by atoms with E-state index >= 15 is 0 Å². The average Bonchev–Trinajstić information content (AvgIpc) is 3.17. The van der Waals surface area contributed by atoms with Crippen LogP contribution in [0.5, 0.6) is 0 Å². The molecule has 5 nitrogen and oxygen atoms in total. The summed E-state index contributed by atoms with van der Waals surface area (Å²) in [6.07, 6.45) is 0. The first-order valence-corrected chi connectivity index (χ1v) is 7.55. The SMILES string of the molecule is Cc1nc2c(C3=NCCN3)c(-c3ccc(F)cc3)cc(C)n2n1. The van der Waals surface area contributed by atoms with E-state index in [9.17, 15) is 4.39 Å². The fourth-order valence-electron chi connectivity index (χ4n) is 2.94. The van der Waals surface area contributed by atoms with Crippen molar-refractivity contribution in [1.29, 1.82) is 0 Å². The molecule has 0 aliphatic carbocycles. The highest BCUT2D eigenvalue weighted by molar-refractivity contribution is 6.10. The molecule has 1 aromatic carbocycles. The summed E-state index contributed by atoms with van der Waals surface area (Å²) >= 11 is 0. The Labute approximate surface area is 132 Å². The van der Waals surface area contributed by atoms with E-state index < -0.39 is 0 Å². The highest BCUT2D eigenvalue weighted by atomic mass is 19.1. The number of benzene rings is 1. The maximum absolute atomic E-state index is 13.3. The van der Waals surface area contributed by atoms with Crippen LogP contribution in [-0.4, -0.2) is 33.5 Å². The van der Waals surface area contributed by atoms with E-state index in [1.165, 1.54) is 12.1 Å². The molecule has 0 saturated carbocycles. The summed E-state index contributed by atoms with van der Waals surface area (Å²) in [6.45, 7) is 5.41. The quantitative estimate of drug-likeness (QED) is 0.791. The summed E-state index contributed by atoms with van der Waals surface area (Å²) in [6, 6.07) is 8.55. The number of nitrogens with zero attached hydrogens (tertiary/aromatic N) is 4. The molecule has 0 unspecified atom stereocenters. The van der Waals surface area contributed by atoms with Gasteiger partial charge in [-0.3, -0.25) is 4.99 Å². The fourth-order valence-corrected chi connectivity index (χ4v) is 2.94. The van der Waals surface area contributed by atoms with E-state index in [0.29, 0.717) is 5.82 Å². The number of fused-ring (bicyclic) bond motifs is 1. The van der Waals surface area contributed by atoms with Crippen LogP contribution in [0, 0.1) is 19.7 Å². The van der Waals surface area contributed by atoms with Crippen LogP contribution >= 0.6 is 0 Å². The predicted octanol–water partition coefficient (Wildman–Crippen LogP) is 2.50. The highest BCUT2D eigenvalue weighted by Gasteiger charge is 2.21. The van der Waals surface area contributed by atoms with Gasteiger partial charge in [-0.15, -0.1) is 0 Å². The van der Waals surface area contributed by atoms with E-state index in [-0.39, 0.29) is 5.82 Å². The minimum atomic E-state index is -0.247. The Morgan fingerprint density at radius 3 is 2.65 bits per heavy atom. The molecule has 0 amide bonds. The van der Waals surface area contributed by atoms with Crippen LogP contribution in [0.4, 0.5) is 4.39 Å². The predicted molar refractivity (Wildman–Crippen MR) is 87.3 cm³/mol. The van der Waals surface area contributed by atoms with Crippen LogP contribution in [0.2, 0.25) is 0 Å². The molecule has 2 aromatic heterocycles. The largest absolute Gasteiger partial charge is 0.368 e. The van der Waals surface area contributed by atoms with Gasteiger partial charge < -0.3 is 5.32 Å². The lowest BCUT2D eigenvalue weighted by molar-refractivity contribution is 0.628. The second kappa shape index (κ2) is 5.15. The van der Waals surface area contributed by atoms with E-state index in [1.54, 1.807) is 12.1 Å². The molecular weight excluding hydrogens is 293 g/mol. The molecule has 0 bridgehead atoms. The lowest BCUT2D eigenvalue weighted by Crippen LogP contribution is -2.21. The molecule has 4 rings (SSSR count). The van der Waals surface area contributed by atoms with Gasteiger partial charge in [0.15, 0.2) is 5.65 Å². The van der Waals surface area contributed by atoms with Gasteiger partial charge in [-0.2, -0.15) is 5.10 Å². The molecule has 3 aromatic rings. The number of nitrogens with one attached hydrogen (secondary N) is 1. The van der Waals surface area contributed by atoms with Crippen molar-refractivity contribution >= 4 is 11.5 Å². The molecule has 0 fully saturated rings. The highest BCUT2D eigenvalue weighted by Crippen LogP contribution is 2.29. The summed E-state index contributed by atoms with van der Waals surface area (Å²) < 4.78 is 15.1. The van der Waals surface area contributed by atoms with Crippen molar-refractivity contribution in [2.24, 2.45) is 4.99 Å². The minimum Gasteiger partial charge on any atom is -0.368 e. The summed E-state index contributed by atoms with van der Waals surface area (Å²) in [4.78, 5) is 9.13. The fraction of sp³-hybridized carbons (Fsp3) is 0.235. The smallest absolute Gasteiger partial charge is 0.167 e. The van der Waals surface area contributed by atoms with E-state index in [1.807, 2.05) is 24.4 Å². The second-order valence-electron chi connectivity index (χ2n) is 5.63. The number of hydrogen-bond acceptors (Lipinski definition) is 4. The van der Waals surface area contributed by atoms with Crippen molar-refractivity contribution in [3.05, 3.63) is 53.2 Å². The number of amidine groups is 1. The van der Waals surface area contributed by atoms with Crippen molar-refractivity contribution in [2.45, 2.75) is 13.8 Å². The average molecular weight is 309 g/mol. The monoisotopic (exact) mass is 309 g/mol. The van der Waals surface area contributed by atoms with Crippen LogP contribution in [0.3, 0.4) is 0 Å². The number of aryl methyl sites for hydroxylation is 2. The van der Waals surface area contributed by atoms with Crippen molar-refractivity contribution < 1.29 is 4.39 Å². The zero-order chi connectivity index (χ0) is 16.0. The van der Waals surface area contributed by atoms with Crippen LogP contribution in [0.25, 0.3) is 16.8 Å². The Morgan fingerprint density at radius 1 is 1.17 bits per heavy atom. The number of halogens is 1. The van der Waals surface area contributed by atoms with Gasteiger partial charge in [-0.1, -0.05) is 12.1 Å². The maximum Gasteiger partial charge on any atom is 0.167 e. The molecule has 6 heteroatoms. The maximum atomic E-state index is 13.3. The summed E-state index contributed by atoms with van der Waals surface area (Å²) in [5, 5.41) is 7.77. The van der Waals surface area contributed by atoms with Crippen LogP contribution in [-0.2, 0) is 0 Å². The standard InChI is InChI=1S/C17H16FN5/c1-10-9-14(12-3-5-13(18)6-4-12)15(16-19-7-8-20-16)17-21-11(2)22-23(10)17/h3-6,9H,7-8H2,1-2H3,(H,19,20). The molecule has 3 heterocycles. The molecule has 0 atom stereocenters. The first kappa shape index (κ1) is 13.9. The normalized spacial score (nSPS) is 14.1. The summed E-state index contributed by atoms with van der Waals surface area (Å²) in [5.41, 5.74) is 4.58. The van der Waals surface area contributed by atoms with Crippen molar-refractivity contribution in [3.63, 3.8) is 0 Å². The van der Waals surface area contributed by atoms with Gasteiger partial charge in [0.25, 0.3) is 0 Å². The Bertz CT molecular complexity index is 924. The van der Waals surface area contributed by atoms with Crippen molar-refractivity contribution in [2.75, 3.05) is 13.1 Å². The Balaban J connectivity index is 2.05. The zero-order valence-corrected chi connectivity index (χ0v) is 13.0. The summed E-state index contributed by atoms with van der Waals surface area (Å²) in [7, 11) is 0. The van der Waals surface area contributed by atoms with E-state index in [0.717, 1.165) is 47.0 Å². The molecule has 1 N–H and O–H groups in total. The van der Waals surface area contributed by atoms with Gasteiger partial charge in [-0.05, 0) is 43.2 Å². The molecule has 0 saturated heterocycles. The molecule has 1 aliphatic rings. The summed E-state index contributed by atoms with van der Waals surface area (Å²) in [5.74, 6) is 1.29. The zero-order valence-electron chi connectivity index (χ0n) is 13.0. The molecule has 116 valence electrons. The minimum absolute atomic E-state index is 0.247. The topological polar surface area (TPSA) is 54.6 Å². The van der Waals surface area contributed by atoms with Gasteiger partial charge in [-0.25, -0.2) is 13.9 Å². The van der Waals surface area contributed by atoms with Crippen LogP contribution in [0.1, 0.15) is 17.1 Å².